The zero-order valence-corrected chi connectivity index (χ0v) is 11.2. The predicted octanol–water partition coefficient (Wildman–Crippen LogP) is 1.62. The summed E-state index contributed by atoms with van der Waals surface area (Å²) in [6, 6.07) is 8.76. The van der Waals surface area contributed by atoms with E-state index in [0.29, 0.717) is 30.3 Å². The minimum Gasteiger partial charge on any atom is -0.486 e. The molecule has 6 heteroatoms. The number of benzene rings is 1. The summed E-state index contributed by atoms with van der Waals surface area (Å²) in [7, 11) is 0. The first-order valence-electron chi connectivity index (χ1n) is 6.46. The van der Waals surface area contributed by atoms with E-state index < -0.39 is 0 Å². The Kier molecular flexibility index (Phi) is 3.77. The summed E-state index contributed by atoms with van der Waals surface area (Å²) in [5.74, 6) is 1.03. The van der Waals surface area contributed by atoms with E-state index in [1.54, 1.807) is 24.5 Å². The van der Waals surface area contributed by atoms with E-state index in [4.69, 9.17) is 9.47 Å². The number of carbonyl (C=O) groups excluding carboxylic acids is 1. The van der Waals surface area contributed by atoms with Gasteiger partial charge in [-0.25, -0.2) is 5.43 Å². The van der Waals surface area contributed by atoms with Gasteiger partial charge in [0.15, 0.2) is 11.5 Å². The third kappa shape index (κ3) is 3.00. The molecule has 6 nitrogen and oxygen atoms in total. The van der Waals surface area contributed by atoms with E-state index in [2.05, 4.69) is 15.5 Å². The van der Waals surface area contributed by atoms with Gasteiger partial charge in [-0.2, -0.15) is 5.10 Å². The average molecular weight is 283 g/mol. The van der Waals surface area contributed by atoms with Crippen LogP contribution in [0, 0.1) is 0 Å². The van der Waals surface area contributed by atoms with Crippen LogP contribution in [0.25, 0.3) is 0 Å². The van der Waals surface area contributed by atoms with Crippen LogP contribution in [0.2, 0.25) is 0 Å². The highest BCUT2D eigenvalue weighted by Crippen LogP contribution is 2.32. The average Bonchev–Trinajstić information content (AvgIpc) is 2.56. The van der Waals surface area contributed by atoms with Crippen molar-refractivity contribution in [1.82, 2.24) is 10.4 Å². The number of hydrogen-bond donors (Lipinski definition) is 1. The highest BCUT2D eigenvalue weighted by atomic mass is 16.6. The molecule has 0 saturated heterocycles. The number of nitrogens with zero attached hydrogens (tertiary/aromatic N) is 2. The van der Waals surface area contributed by atoms with Gasteiger partial charge in [0.2, 0.25) is 0 Å². The third-order valence-corrected chi connectivity index (χ3v) is 2.91. The normalized spacial score (nSPS) is 13.1. The second-order valence-corrected chi connectivity index (χ2v) is 4.31. The lowest BCUT2D eigenvalue weighted by molar-refractivity contribution is 0.0955. The summed E-state index contributed by atoms with van der Waals surface area (Å²) in [5, 5.41) is 3.95. The molecular weight excluding hydrogens is 270 g/mol. The molecule has 0 bridgehead atoms. The Labute approximate surface area is 121 Å². The number of hydrogen-bond acceptors (Lipinski definition) is 5. The molecule has 0 saturated carbocycles. The minimum atomic E-state index is -0.296. The molecule has 1 aliphatic heterocycles. The van der Waals surface area contributed by atoms with Crippen molar-refractivity contribution >= 4 is 12.1 Å². The maximum atomic E-state index is 11.8. The number of amides is 1. The Morgan fingerprint density at radius 3 is 2.86 bits per heavy atom. The van der Waals surface area contributed by atoms with Crippen molar-refractivity contribution in [3.8, 4) is 11.5 Å². The number of rotatable bonds is 3. The summed E-state index contributed by atoms with van der Waals surface area (Å²) in [4.78, 5) is 15.7. The van der Waals surface area contributed by atoms with Gasteiger partial charge in [0.25, 0.3) is 5.91 Å². The number of pyridine rings is 1. The molecular formula is C15H13N3O3. The van der Waals surface area contributed by atoms with E-state index in [1.807, 2.05) is 18.2 Å². The Morgan fingerprint density at radius 2 is 2.00 bits per heavy atom. The molecule has 0 unspecified atom stereocenters. The van der Waals surface area contributed by atoms with Crippen LogP contribution in [0.1, 0.15) is 15.9 Å². The first kappa shape index (κ1) is 13.1. The second kappa shape index (κ2) is 6.04. The molecule has 0 spiro atoms. The number of hydrazone groups is 1. The van der Waals surface area contributed by atoms with Gasteiger partial charge in [0.05, 0.1) is 6.21 Å². The molecule has 1 aliphatic rings. The van der Waals surface area contributed by atoms with Gasteiger partial charge in [-0.05, 0) is 24.3 Å². The Bertz CT molecular complexity index is 671. The second-order valence-electron chi connectivity index (χ2n) is 4.31. The summed E-state index contributed by atoms with van der Waals surface area (Å²) in [6.45, 7) is 1.04. The van der Waals surface area contributed by atoms with Crippen LogP contribution >= 0.6 is 0 Å². The Balaban J connectivity index is 1.71. The van der Waals surface area contributed by atoms with Crippen molar-refractivity contribution in [2.75, 3.05) is 13.2 Å². The van der Waals surface area contributed by atoms with Gasteiger partial charge in [0.1, 0.15) is 13.2 Å². The van der Waals surface area contributed by atoms with Crippen molar-refractivity contribution in [2.24, 2.45) is 5.10 Å². The van der Waals surface area contributed by atoms with Gasteiger partial charge >= 0.3 is 0 Å². The van der Waals surface area contributed by atoms with Gasteiger partial charge in [-0.1, -0.05) is 6.07 Å². The number of ether oxygens (including phenoxy) is 2. The van der Waals surface area contributed by atoms with Crippen molar-refractivity contribution in [1.29, 1.82) is 0 Å². The molecule has 0 fully saturated rings. The first-order chi connectivity index (χ1) is 10.3. The molecule has 1 amide bonds. The lowest BCUT2D eigenvalue weighted by Gasteiger charge is -2.19. The summed E-state index contributed by atoms with van der Waals surface area (Å²) >= 11 is 0. The van der Waals surface area contributed by atoms with E-state index in [-0.39, 0.29) is 5.91 Å². The van der Waals surface area contributed by atoms with Crippen molar-refractivity contribution in [3.63, 3.8) is 0 Å². The summed E-state index contributed by atoms with van der Waals surface area (Å²) in [5.41, 5.74) is 3.71. The smallest absolute Gasteiger partial charge is 0.271 e. The van der Waals surface area contributed by atoms with Crippen LogP contribution in [-0.4, -0.2) is 30.3 Å². The third-order valence-electron chi connectivity index (χ3n) is 2.91. The molecule has 2 aromatic rings. The molecule has 0 atom stereocenters. The van der Waals surface area contributed by atoms with E-state index in [1.165, 1.54) is 6.21 Å². The van der Waals surface area contributed by atoms with Crippen molar-refractivity contribution < 1.29 is 14.3 Å². The molecule has 0 aliphatic carbocycles. The lowest BCUT2D eigenvalue weighted by Crippen LogP contribution is -2.18. The zero-order chi connectivity index (χ0) is 14.5. The monoisotopic (exact) mass is 283 g/mol. The Morgan fingerprint density at radius 1 is 1.19 bits per heavy atom. The standard InChI is InChI=1S/C15H13N3O3/c19-15(11-4-6-16-7-5-11)18-17-10-12-2-1-3-13-14(12)21-9-8-20-13/h1-7,10H,8-9H2,(H,18,19). The quantitative estimate of drug-likeness (QED) is 0.686. The molecule has 2 heterocycles. The fourth-order valence-electron chi connectivity index (χ4n) is 1.93. The topological polar surface area (TPSA) is 72.8 Å². The van der Waals surface area contributed by atoms with Crippen LogP contribution in [0.4, 0.5) is 0 Å². The van der Waals surface area contributed by atoms with Crippen LogP contribution in [0.5, 0.6) is 11.5 Å². The Hall–Kier alpha value is -2.89. The lowest BCUT2D eigenvalue weighted by atomic mass is 10.2. The fourth-order valence-corrected chi connectivity index (χ4v) is 1.93. The highest BCUT2D eigenvalue weighted by molar-refractivity contribution is 5.95. The zero-order valence-electron chi connectivity index (χ0n) is 11.2. The van der Waals surface area contributed by atoms with Crippen molar-refractivity contribution in [3.05, 3.63) is 53.9 Å². The molecule has 1 aromatic carbocycles. The van der Waals surface area contributed by atoms with Gasteiger partial charge in [-0.15, -0.1) is 0 Å². The van der Waals surface area contributed by atoms with Crippen LogP contribution in [-0.2, 0) is 0 Å². The largest absolute Gasteiger partial charge is 0.486 e. The maximum absolute atomic E-state index is 11.8. The summed E-state index contributed by atoms with van der Waals surface area (Å²) < 4.78 is 11.0. The molecule has 1 aromatic heterocycles. The fraction of sp³-hybridized carbons (Fsp3) is 0.133. The first-order valence-corrected chi connectivity index (χ1v) is 6.46. The highest BCUT2D eigenvalue weighted by Gasteiger charge is 2.14. The van der Waals surface area contributed by atoms with E-state index in [9.17, 15) is 4.79 Å². The van der Waals surface area contributed by atoms with Gasteiger partial charge in [-0.3, -0.25) is 9.78 Å². The summed E-state index contributed by atoms with van der Waals surface area (Å²) in [6.07, 6.45) is 4.64. The number of carbonyl (C=O) groups is 1. The number of fused-ring (bicyclic) bond motifs is 1. The maximum Gasteiger partial charge on any atom is 0.271 e. The predicted molar refractivity (Wildman–Crippen MR) is 76.7 cm³/mol. The van der Waals surface area contributed by atoms with Crippen LogP contribution in [0.3, 0.4) is 0 Å². The number of aromatic nitrogens is 1. The molecule has 106 valence electrons. The van der Waals surface area contributed by atoms with Crippen molar-refractivity contribution in [2.45, 2.75) is 0 Å². The number of para-hydroxylation sites is 1. The van der Waals surface area contributed by atoms with Crippen LogP contribution < -0.4 is 14.9 Å². The molecule has 3 rings (SSSR count). The van der Waals surface area contributed by atoms with Crippen LogP contribution in [0.15, 0.2) is 47.8 Å². The number of nitrogens with one attached hydrogen (secondary N) is 1. The van der Waals surface area contributed by atoms with E-state index >= 15 is 0 Å². The van der Waals surface area contributed by atoms with Gasteiger partial charge in [0, 0.05) is 23.5 Å². The SMILES string of the molecule is O=C(NN=Cc1cccc2c1OCCO2)c1ccncc1. The van der Waals surface area contributed by atoms with E-state index in [0.717, 1.165) is 5.56 Å². The van der Waals surface area contributed by atoms with Gasteiger partial charge < -0.3 is 9.47 Å². The molecule has 21 heavy (non-hydrogen) atoms. The minimum absolute atomic E-state index is 0.296. The molecule has 0 radical (unpaired) electrons. The molecule has 1 N–H and O–H groups in total.